The number of hydrogen-bond donors (Lipinski definition) is 0. The van der Waals surface area contributed by atoms with E-state index < -0.39 is 0 Å². The van der Waals surface area contributed by atoms with Gasteiger partial charge in [-0.15, -0.1) is 0 Å². The molecular weight excluding hydrogens is 274 g/mol. The number of benzene rings is 1. The lowest BCUT2D eigenvalue weighted by atomic mass is 9.87. The van der Waals surface area contributed by atoms with E-state index in [1.807, 2.05) is 0 Å². The van der Waals surface area contributed by atoms with E-state index in [1.54, 1.807) is 0 Å². The fraction of sp³-hybridized carbons (Fsp3) is 0.467. The maximum Gasteiger partial charge on any atom is 0.0483 e. The number of hydrogen-bond acceptors (Lipinski definition) is 0. The van der Waals surface area contributed by atoms with E-state index in [-0.39, 0.29) is 0 Å². The molecule has 2 atom stereocenters. The van der Waals surface area contributed by atoms with Gasteiger partial charge in [-0.2, -0.15) is 0 Å². The van der Waals surface area contributed by atoms with E-state index in [2.05, 4.69) is 57.9 Å². The fourth-order valence-corrected chi connectivity index (χ4v) is 3.49. The van der Waals surface area contributed by atoms with Gasteiger partial charge < -0.3 is 4.57 Å². The Bertz CT molecular complexity index is 529. The van der Waals surface area contributed by atoms with Crippen LogP contribution in [0.1, 0.15) is 38.6 Å². The summed E-state index contributed by atoms with van der Waals surface area (Å²) in [5.74, 6) is 0.877. The van der Waals surface area contributed by atoms with Crippen LogP contribution in [0.2, 0.25) is 0 Å². The Morgan fingerprint density at radius 1 is 1.24 bits per heavy atom. The van der Waals surface area contributed by atoms with Crippen LogP contribution < -0.4 is 0 Å². The third kappa shape index (κ3) is 2.15. The van der Waals surface area contributed by atoms with Crippen molar-refractivity contribution < 1.29 is 0 Å². The molecule has 90 valence electrons. The molecule has 0 bridgehead atoms. The Morgan fingerprint density at radius 3 is 2.94 bits per heavy atom. The van der Waals surface area contributed by atoms with Crippen molar-refractivity contribution in [3.63, 3.8) is 0 Å². The van der Waals surface area contributed by atoms with Crippen molar-refractivity contribution >= 4 is 26.8 Å². The maximum atomic E-state index is 3.54. The van der Waals surface area contributed by atoms with Gasteiger partial charge in [0, 0.05) is 27.6 Å². The lowest BCUT2D eigenvalue weighted by molar-refractivity contribution is 0.287. The van der Waals surface area contributed by atoms with Gasteiger partial charge in [-0.25, -0.2) is 0 Å². The van der Waals surface area contributed by atoms with E-state index in [0.717, 1.165) is 5.92 Å². The first kappa shape index (κ1) is 11.3. The highest BCUT2D eigenvalue weighted by Gasteiger charge is 2.20. The van der Waals surface area contributed by atoms with E-state index in [1.165, 1.54) is 41.1 Å². The molecule has 1 aromatic carbocycles. The highest BCUT2D eigenvalue weighted by atomic mass is 79.9. The SMILES string of the molecule is CC1CCCC(n2ccc3cc(Br)ccc32)C1. The first-order valence-corrected chi connectivity index (χ1v) is 7.29. The number of halogens is 1. The Morgan fingerprint density at radius 2 is 2.12 bits per heavy atom. The smallest absolute Gasteiger partial charge is 0.0483 e. The van der Waals surface area contributed by atoms with Gasteiger partial charge in [-0.3, -0.25) is 0 Å². The molecule has 2 heteroatoms. The van der Waals surface area contributed by atoms with E-state index in [4.69, 9.17) is 0 Å². The fourth-order valence-electron chi connectivity index (χ4n) is 3.11. The summed E-state index contributed by atoms with van der Waals surface area (Å²) in [4.78, 5) is 0. The zero-order valence-electron chi connectivity index (χ0n) is 10.2. The molecule has 0 amide bonds. The van der Waals surface area contributed by atoms with Gasteiger partial charge >= 0.3 is 0 Å². The molecular formula is C15H18BrN. The average molecular weight is 292 g/mol. The summed E-state index contributed by atoms with van der Waals surface area (Å²) in [6.07, 6.45) is 7.72. The second-order valence-electron chi connectivity index (χ2n) is 5.35. The highest BCUT2D eigenvalue weighted by molar-refractivity contribution is 9.10. The minimum atomic E-state index is 0.706. The van der Waals surface area contributed by atoms with Crippen LogP contribution in [0.15, 0.2) is 34.9 Å². The third-order valence-corrected chi connectivity index (χ3v) is 4.48. The number of rotatable bonds is 1. The molecule has 1 fully saturated rings. The van der Waals surface area contributed by atoms with E-state index in [9.17, 15) is 0 Å². The molecule has 1 aliphatic carbocycles. The second kappa shape index (κ2) is 4.49. The molecule has 3 rings (SSSR count). The molecule has 0 N–H and O–H groups in total. The van der Waals surface area contributed by atoms with Gasteiger partial charge in [0.05, 0.1) is 0 Å². The number of aromatic nitrogens is 1. The van der Waals surface area contributed by atoms with Crippen molar-refractivity contribution in [2.24, 2.45) is 5.92 Å². The monoisotopic (exact) mass is 291 g/mol. The molecule has 0 radical (unpaired) electrons. The predicted molar refractivity (Wildman–Crippen MR) is 76.3 cm³/mol. The Kier molecular flexibility index (Phi) is 2.99. The summed E-state index contributed by atoms with van der Waals surface area (Å²) in [6.45, 7) is 2.38. The van der Waals surface area contributed by atoms with Crippen molar-refractivity contribution in [2.45, 2.75) is 38.6 Å². The van der Waals surface area contributed by atoms with Crippen molar-refractivity contribution in [2.75, 3.05) is 0 Å². The van der Waals surface area contributed by atoms with E-state index >= 15 is 0 Å². The standard InChI is InChI=1S/C15H18BrN/c1-11-3-2-4-14(9-11)17-8-7-12-10-13(16)5-6-15(12)17/h5-8,10-11,14H,2-4,9H2,1H3. The summed E-state index contributed by atoms with van der Waals surface area (Å²) < 4.78 is 3.65. The minimum Gasteiger partial charge on any atom is -0.344 e. The molecule has 1 heterocycles. The first-order valence-electron chi connectivity index (χ1n) is 6.50. The summed E-state index contributed by atoms with van der Waals surface area (Å²) >= 11 is 3.54. The first-order chi connectivity index (χ1) is 8.24. The quantitative estimate of drug-likeness (QED) is 0.684. The summed E-state index contributed by atoms with van der Waals surface area (Å²) in [7, 11) is 0. The molecule has 0 aliphatic heterocycles. The number of fused-ring (bicyclic) bond motifs is 1. The second-order valence-corrected chi connectivity index (χ2v) is 6.27. The van der Waals surface area contributed by atoms with Crippen LogP contribution in [0.3, 0.4) is 0 Å². The van der Waals surface area contributed by atoms with Crippen LogP contribution in [-0.4, -0.2) is 4.57 Å². The predicted octanol–water partition coefficient (Wildman–Crippen LogP) is 5.16. The van der Waals surface area contributed by atoms with Gasteiger partial charge in [-0.1, -0.05) is 35.7 Å². The minimum absolute atomic E-state index is 0.706. The van der Waals surface area contributed by atoms with Crippen molar-refractivity contribution in [3.05, 3.63) is 34.9 Å². The lowest BCUT2D eigenvalue weighted by Gasteiger charge is -2.28. The summed E-state index contributed by atoms with van der Waals surface area (Å²) in [5.41, 5.74) is 1.38. The summed E-state index contributed by atoms with van der Waals surface area (Å²) in [5, 5.41) is 1.35. The van der Waals surface area contributed by atoms with Crippen LogP contribution in [0.5, 0.6) is 0 Å². The Balaban J connectivity index is 1.99. The molecule has 0 spiro atoms. The van der Waals surface area contributed by atoms with Crippen LogP contribution in [-0.2, 0) is 0 Å². The van der Waals surface area contributed by atoms with Gasteiger partial charge in [0.2, 0.25) is 0 Å². The zero-order valence-corrected chi connectivity index (χ0v) is 11.8. The van der Waals surface area contributed by atoms with E-state index in [0.29, 0.717) is 6.04 Å². The molecule has 2 aromatic rings. The maximum absolute atomic E-state index is 3.54. The van der Waals surface area contributed by atoms with Crippen molar-refractivity contribution in [1.29, 1.82) is 0 Å². The lowest BCUT2D eigenvalue weighted by Crippen LogP contribution is -2.16. The van der Waals surface area contributed by atoms with Crippen LogP contribution in [0.4, 0.5) is 0 Å². The Labute approximate surface area is 111 Å². The van der Waals surface area contributed by atoms with Gasteiger partial charge in [0.1, 0.15) is 0 Å². The molecule has 1 aromatic heterocycles. The topological polar surface area (TPSA) is 4.93 Å². The van der Waals surface area contributed by atoms with Crippen LogP contribution >= 0.6 is 15.9 Å². The van der Waals surface area contributed by atoms with Crippen LogP contribution in [0.25, 0.3) is 10.9 Å². The van der Waals surface area contributed by atoms with Gasteiger partial charge in [0.15, 0.2) is 0 Å². The molecule has 2 unspecified atom stereocenters. The Hall–Kier alpha value is -0.760. The highest BCUT2D eigenvalue weighted by Crippen LogP contribution is 2.35. The van der Waals surface area contributed by atoms with Crippen LogP contribution in [0, 0.1) is 5.92 Å². The van der Waals surface area contributed by atoms with Gasteiger partial charge in [0.25, 0.3) is 0 Å². The van der Waals surface area contributed by atoms with Gasteiger partial charge in [-0.05, 0) is 43.0 Å². The molecule has 1 saturated carbocycles. The molecule has 1 nitrogen and oxygen atoms in total. The molecule has 0 saturated heterocycles. The third-order valence-electron chi connectivity index (χ3n) is 3.98. The average Bonchev–Trinajstić information content (AvgIpc) is 2.71. The number of nitrogens with zero attached hydrogens (tertiary/aromatic N) is 1. The zero-order chi connectivity index (χ0) is 11.8. The molecule has 1 aliphatic rings. The largest absolute Gasteiger partial charge is 0.344 e. The van der Waals surface area contributed by atoms with Crippen molar-refractivity contribution in [1.82, 2.24) is 4.57 Å². The molecule has 17 heavy (non-hydrogen) atoms. The summed E-state index contributed by atoms with van der Waals surface area (Å²) in [6, 6.07) is 9.53. The van der Waals surface area contributed by atoms with Crippen molar-refractivity contribution in [3.8, 4) is 0 Å². The normalized spacial score (nSPS) is 25.3.